The van der Waals surface area contributed by atoms with Crippen LogP contribution in [0, 0.1) is 0 Å². The van der Waals surface area contributed by atoms with Crippen LogP contribution in [0.4, 0.5) is 5.69 Å². The molecule has 0 aliphatic carbocycles. The number of amides is 2. The van der Waals surface area contributed by atoms with Gasteiger partial charge in [0.05, 0.1) is 13.0 Å². The molecule has 1 atom stereocenters. The molecule has 2 aromatic carbocycles. The van der Waals surface area contributed by atoms with Crippen LogP contribution in [0.2, 0.25) is 0 Å². The van der Waals surface area contributed by atoms with Crippen molar-refractivity contribution < 1.29 is 14.3 Å². The zero-order chi connectivity index (χ0) is 17.8. The number of carbonyl (C=O) groups is 2. The zero-order valence-electron chi connectivity index (χ0n) is 13.6. The largest absolute Gasteiger partial charge is 0.497 e. The van der Waals surface area contributed by atoms with Crippen LogP contribution in [0.1, 0.15) is 10.4 Å². The fraction of sp³-hybridized carbons (Fsp3) is 0.222. The van der Waals surface area contributed by atoms with Crippen molar-refractivity contribution in [3.63, 3.8) is 0 Å². The van der Waals surface area contributed by atoms with Crippen molar-refractivity contribution in [2.45, 2.75) is 6.04 Å². The molecular formula is C18H17BrN2O3S. The summed E-state index contributed by atoms with van der Waals surface area (Å²) in [6.07, 6.45) is 0. The molecule has 1 aliphatic rings. The maximum atomic E-state index is 12.7. The number of carbonyl (C=O) groups excluding carboxylic acids is 2. The number of hydrogen-bond acceptors (Lipinski definition) is 4. The first-order chi connectivity index (χ1) is 12.1. The number of methoxy groups -OCH3 is 1. The van der Waals surface area contributed by atoms with Gasteiger partial charge in [0, 0.05) is 21.5 Å². The van der Waals surface area contributed by atoms with Gasteiger partial charge in [-0.05, 0) is 48.5 Å². The molecule has 5 nitrogen and oxygen atoms in total. The van der Waals surface area contributed by atoms with Crippen LogP contribution < -0.4 is 10.1 Å². The molecule has 2 aromatic rings. The minimum atomic E-state index is -0.483. The van der Waals surface area contributed by atoms with E-state index in [4.69, 9.17) is 4.74 Å². The van der Waals surface area contributed by atoms with E-state index in [1.807, 2.05) is 12.1 Å². The number of nitrogens with zero attached hydrogens (tertiary/aromatic N) is 1. The maximum absolute atomic E-state index is 12.7. The average Bonchev–Trinajstić information content (AvgIpc) is 3.12. The minimum Gasteiger partial charge on any atom is -0.497 e. The number of rotatable bonds is 4. The van der Waals surface area contributed by atoms with Gasteiger partial charge in [-0.1, -0.05) is 15.9 Å². The number of halogens is 1. The topological polar surface area (TPSA) is 58.6 Å². The average molecular weight is 421 g/mol. The van der Waals surface area contributed by atoms with Crippen LogP contribution in [-0.2, 0) is 4.79 Å². The first-order valence-corrected chi connectivity index (χ1v) is 9.62. The fourth-order valence-electron chi connectivity index (χ4n) is 2.52. The van der Waals surface area contributed by atoms with Gasteiger partial charge >= 0.3 is 0 Å². The SMILES string of the molecule is COc1ccc(NC(=O)C2CSCN2C(=O)c2ccc(Br)cc2)cc1. The van der Waals surface area contributed by atoms with Crippen LogP contribution in [0.3, 0.4) is 0 Å². The number of hydrogen-bond donors (Lipinski definition) is 1. The number of thioether (sulfide) groups is 1. The summed E-state index contributed by atoms with van der Waals surface area (Å²) in [5.41, 5.74) is 1.26. The molecule has 3 rings (SSSR count). The van der Waals surface area contributed by atoms with Crippen LogP contribution in [0.25, 0.3) is 0 Å². The summed E-state index contributed by atoms with van der Waals surface area (Å²) in [6, 6.07) is 13.8. The van der Waals surface area contributed by atoms with E-state index in [9.17, 15) is 9.59 Å². The molecule has 7 heteroatoms. The maximum Gasteiger partial charge on any atom is 0.255 e. The highest BCUT2D eigenvalue weighted by Gasteiger charge is 2.35. The molecule has 1 aliphatic heterocycles. The van der Waals surface area contributed by atoms with Crippen LogP contribution >= 0.6 is 27.7 Å². The number of ether oxygens (including phenoxy) is 1. The molecule has 0 radical (unpaired) electrons. The Morgan fingerprint density at radius 3 is 2.48 bits per heavy atom. The summed E-state index contributed by atoms with van der Waals surface area (Å²) >= 11 is 4.93. The van der Waals surface area contributed by atoms with Crippen molar-refractivity contribution in [1.29, 1.82) is 0 Å². The summed E-state index contributed by atoms with van der Waals surface area (Å²) in [6.45, 7) is 0. The van der Waals surface area contributed by atoms with E-state index in [0.29, 0.717) is 22.9 Å². The van der Waals surface area contributed by atoms with Gasteiger partial charge in [-0.3, -0.25) is 9.59 Å². The summed E-state index contributed by atoms with van der Waals surface area (Å²) in [5.74, 6) is 1.51. The Bertz CT molecular complexity index is 765. The summed E-state index contributed by atoms with van der Waals surface area (Å²) in [5, 5.41) is 2.87. The molecule has 0 aromatic heterocycles. The van der Waals surface area contributed by atoms with Crippen molar-refractivity contribution >= 4 is 45.2 Å². The number of benzene rings is 2. The van der Waals surface area contributed by atoms with E-state index in [2.05, 4.69) is 21.2 Å². The summed E-state index contributed by atoms with van der Waals surface area (Å²) in [4.78, 5) is 26.9. The predicted molar refractivity (Wildman–Crippen MR) is 103 cm³/mol. The highest BCUT2D eigenvalue weighted by molar-refractivity contribution is 9.10. The molecule has 2 amide bonds. The van der Waals surface area contributed by atoms with Crippen LogP contribution in [0.15, 0.2) is 53.0 Å². The highest BCUT2D eigenvalue weighted by atomic mass is 79.9. The molecule has 130 valence electrons. The first-order valence-electron chi connectivity index (χ1n) is 7.67. The van der Waals surface area contributed by atoms with E-state index in [-0.39, 0.29) is 11.8 Å². The lowest BCUT2D eigenvalue weighted by molar-refractivity contribution is -0.119. The molecule has 0 spiro atoms. The quantitative estimate of drug-likeness (QED) is 0.820. The van der Waals surface area contributed by atoms with Crippen molar-refractivity contribution in [1.82, 2.24) is 4.90 Å². The molecule has 1 N–H and O–H groups in total. The predicted octanol–water partition coefficient (Wildman–Crippen LogP) is 3.61. The van der Waals surface area contributed by atoms with Gasteiger partial charge in [0.2, 0.25) is 5.91 Å². The van der Waals surface area contributed by atoms with Crippen molar-refractivity contribution in [2.24, 2.45) is 0 Å². The Morgan fingerprint density at radius 2 is 1.84 bits per heavy atom. The van der Waals surface area contributed by atoms with Crippen molar-refractivity contribution in [2.75, 3.05) is 24.1 Å². The smallest absolute Gasteiger partial charge is 0.255 e. The summed E-state index contributed by atoms with van der Waals surface area (Å²) < 4.78 is 6.02. The van der Waals surface area contributed by atoms with Gasteiger partial charge in [0.25, 0.3) is 5.91 Å². The van der Waals surface area contributed by atoms with Crippen molar-refractivity contribution in [3.05, 3.63) is 58.6 Å². The monoisotopic (exact) mass is 420 g/mol. The Labute approximate surface area is 158 Å². The molecule has 0 bridgehead atoms. The molecule has 1 saturated heterocycles. The van der Waals surface area contributed by atoms with Gasteiger partial charge in [0.15, 0.2) is 0 Å². The molecule has 1 unspecified atom stereocenters. The fourth-order valence-corrected chi connectivity index (χ4v) is 3.94. The Morgan fingerprint density at radius 1 is 1.16 bits per heavy atom. The van der Waals surface area contributed by atoms with E-state index in [1.54, 1.807) is 60.2 Å². The van der Waals surface area contributed by atoms with Crippen LogP contribution in [0.5, 0.6) is 5.75 Å². The van der Waals surface area contributed by atoms with E-state index in [0.717, 1.165) is 10.2 Å². The van der Waals surface area contributed by atoms with Gasteiger partial charge in [-0.25, -0.2) is 0 Å². The normalized spacial score (nSPS) is 16.6. The molecule has 25 heavy (non-hydrogen) atoms. The number of nitrogens with one attached hydrogen (secondary N) is 1. The lowest BCUT2D eigenvalue weighted by Gasteiger charge is -2.23. The van der Waals surface area contributed by atoms with Crippen LogP contribution in [-0.4, -0.2) is 41.5 Å². The third-order valence-corrected chi connectivity index (χ3v) is 5.44. The molecule has 1 fully saturated rings. The van der Waals surface area contributed by atoms with Gasteiger partial charge < -0.3 is 15.0 Å². The second-order valence-corrected chi connectivity index (χ2v) is 7.43. The van der Waals surface area contributed by atoms with E-state index in [1.165, 1.54) is 0 Å². The Balaban J connectivity index is 1.70. The third-order valence-electron chi connectivity index (χ3n) is 3.89. The Hall–Kier alpha value is -1.99. The highest BCUT2D eigenvalue weighted by Crippen LogP contribution is 2.25. The standard InChI is InChI=1S/C18H17BrN2O3S/c1-24-15-8-6-14(7-9-15)20-17(22)16-10-25-11-21(16)18(23)12-2-4-13(19)5-3-12/h2-9,16H,10-11H2,1H3,(H,20,22). The summed E-state index contributed by atoms with van der Waals surface area (Å²) in [7, 11) is 1.59. The third kappa shape index (κ3) is 4.16. The van der Waals surface area contributed by atoms with E-state index >= 15 is 0 Å². The molecule has 0 saturated carbocycles. The first kappa shape index (κ1) is 17.8. The lowest BCUT2D eigenvalue weighted by atomic mass is 10.1. The second kappa shape index (κ2) is 7.93. The minimum absolute atomic E-state index is 0.132. The van der Waals surface area contributed by atoms with Gasteiger partial charge in [-0.2, -0.15) is 0 Å². The van der Waals surface area contributed by atoms with Crippen molar-refractivity contribution in [3.8, 4) is 5.75 Å². The van der Waals surface area contributed by atoms with E-state index < -0.39 is 6.04 Å². The number of anilines is 1. The molecular weight excluding hydrogens is 404 g/mol. The zero-order valence-corrected chi connectivity index (χ0v) is 16.0. The lowest BCUT2D eigenvalue weighted by Crippen LogP contribution is -2.44. The Kier molecular flexibility index (Phi) is 5.65. The second-order valence-electron chi connectivity index (χ2n) is 5.52. The molecule has 1 heterocycles. The van der Waals surface area contributed by atoms with Gasteiger partial charge in [-0.15, -0.1) is 11.8 Å². The van der Waals surface area contributed by atoms with Gasteiger partial charge in [0.1, 0.15) is 11.8 Å².